The zero-order valence-corrected chi connectivity index (χ0v) is 14.1. The summed E-state index contributed by atoms with van der Waals surface area (Å²) in [5.41, 5.74) is -0.0193. The monoisotopic (exact) mass is 433 g/mol. The maximum Gasteiger partial charge on any atom is 0.311 e. The van der Waals surface area contributed by atoms with Gasteiger partial charge in [-0.25, -0.2) is 4.98 Å². The number of aromatic nitrogens is 1. The number of pyridine rings is 1. The lowest BCUT2D eigenvalue weighted by atomic mass is 10.2. The molecule has 0 atom stereocenters. The molecule has 2 rings (SSSR count). The Morgan fingerprint density at radius 3 is 2.43 bits per heavy atom. The number of halogens is 3. The molecule has 1 N–H and O–H groups in total. The smallest absolute Gasteiger partial charge is 0.301 e. The average molecular weight is 435 g/mol. The standard InChI is InChI=1S/C12H6Br2ClN3O3/c13-7-3-6(4-8(14)5-7)12(19)17-11-9(18(20)21)1-2-10(15)16-11/h1-5H,(H,16,17,19). The summed E-state index contributed by atoms with van der Waals surface area (Å²) >= 11 is 12.2. The van der Waals surface area contributed by atoms with Crippen molar-refractivity contribution in [1.29, 1.82) is 0 Å². The fraction of sp³-hybridized carbons (Fsp3) is 0. The molecular formula is C12H6Br2ClN3O3. The van der Waals surface area contributed by atoms with Crippen LogP contribution >= 0.6 is 43.5 Å². The fourth-order valence-electron chi connectivity index (χ4n) is 1.53. The molecule has 0 aliphatic rings. The highest BCUT2D eigenvalue weighted by Crippen LogP contribution is 2.25. The summed E-state index contributed by atoms with van der Waals surface area (Å²) < 4.78 is 1.38. The van der Waals surface area contributed by atoms with Crippen molar-refractivity contribution >= 4 is 60.9 Å². The van der Waals surface area contributed by atoms with Gasteiger partial charge in [0.1, 0.15) is 5.15 Å². The molecule has 1 heterocycles. The Kier molecular flexibility index (Phi) is 4.92. The van der Waals surface area contributed by atoms with Crippen LogP contribution in [0.25, 0.3) is 0 Å². The third kappa shape index (κ3) is 3.99. The van der Waals surface area contributed by atoms with E-state index in [9.17, 15) is 14.9 Å². The Hall–Kier alpha value is -1.51. The SMILES string of the molecule is O=C(Nc1nc(Cl)ccc1[N+](=O)[O-])c1cc(Br)cc(Br)c1. The van der Waals surface area contributed by atoms with Crippen LogP contribution in [0.2, 0.25) is 5.15 Å². The van der Waals surface area contributed by atoms with Crippen LogP contribution in [-0.4, -0.2) is 15.8 Å². The summed E-state index contributed by atoms with van der Waals surface area (Å²) in [6.07, 6.45) is 0. The highest BCUT2D eigenvalue weighted by molar-refractivity contribution is 9.11. The van der Waals surface area contributed by atoms with Gasteiger partial charge in [0.25, 0.3) is 5.91 Å². The number of carbonyl (C=O) groups is 1. The molecule has 6 nitrogen and oxygen atoms in total. The molecule has 0 saturated heterocycles. The maximum atomic E-state index is 12.1. The lowest BCUT2D eigenvalue weighted by molar-refractivity contribution is -0.384. The van der Waals surface area contributed by atoms with Crippen molar-refractivity contribution in [3.8, 4) is 0 Å². The normalized spacial score (nSPS) is 10.2. The quantitative estimate of drug-likeness (QED) is 0.439. The second-order valence-electron chi connectivity index (χ2n) is 3.87. The number of rotatable bonds is 3. The second kappa shape index (κ2) is 6.50. The maximum absolute atomic E-state index is 12.1. The van der Waals surface area contributed by atoms with Crippen LogP contribution in [-0.2, 0) is 0 Å². The first-order valence-corrected chi connectivity index (χ1v) is 7.41. The lowest BCUT2D eigenvalue weighted by Crippen LogP contribution is -2.14. The van der Waals surface area contributed by atoms with Crippen molar-refractivity contribution in [3.63, 3.8) is 0 Å². The van der Waals surface area contributed by atoms with Gasteiger partial charge in [-0.05, 0) is 24.3 Å². The van der Waals surface area contributed by atoms with Crippen LogP contribution in [0.15, 0.2) is 39.3 Å². The Morgan fingerprint density at radius 1 is 1.24 bits per heavy atom. The summed E-state index contributed by atoms with van der Waals surface area (Å²) in [6.45, 7) is 0. The molecule has 0 spiro atoms. The van der Waals surface area contributed by atoms with Gasteiger partial charge in [-0.15, -0.1) is 0 Å². The van der Waals surface area contributed by atoms with E-state index < -0.39 is 10.8 Å². The van der Waals surface area contributed by atoms with Crippen LogP contribution in [0, 0.1) is 10.1 Å². The molecule has 1 amide bonds. The van der Waals surface area contributed by atoms with E-state index in [1.807, 2.05) is 0 Å². The Morgan fingerprint density at radius 2 is 1.86 bits per heavy atom. The first-order chi connectivity index (χ1) is 9.86. The van der Waals surface area contributed by atoms with Crippen molar-refractivity contribution in [1.82, 2.24) is 4.98 Å². The molecule has 1 aromatic carbocycles. The van der Waals surface area contributed by atoms with Crippen LogP contribution in [0.1, 0.15) is 10.4 Å². The third-order valence-electron chi connectivity index (χ3n) is 2.39. The minimum Gasteiger partial charge on any atom is -0.301 e. The van der Waals surface area contributed by atoms with Gasteiger partial charge < -0.3 is 5.32 Å². The predicted molar refractivity (Wildman–Crippen MR) is 85.7 cm³/mol. The number of nitro groups is 1. The van der Waals surface area contributed by atoms with Crippen molar-refractivity contribution in [3.05, 3.63) is 60.1 Å². The second-order valence-corrected chi connectivity index (χ2v) is 6.09. The molecule has 0 aliphatic heterocycles. The van der Waals surface area contributed by atoms with Crippen LogP contribution in [0.3, 0.4) is 0 Å². The molecule has 0 saturated carbocycles. The molecule has 0 unspecified atom stereocenters. The van der Waals surface area contributed by atoms with Gasteiger partial charge in [-0.2, -0.15) is 0 Å². The van der Waals surface area contributed by atoms with Gasteiger partial charge in [0.2, 0.25) is 5.82 Å². The molecule has 0 radical (unpaired) electrons. The number of nitrogens with zero attached hydrogens (tertiary/aromatic N) is 2. The van der Waals surface area contributed by atoms with Crippen LogP contribution < -0.4 is 5.32 Å². The zero-order chi connectivity index (χ0) is 15.6. The fourth-order valence-corrected chi connectivity index (χ4v) is 2.97. The van der Waals surface area contributed by atoms with Gasteiger partial charge in [0.05, 0.1) is 4.92 Å². The molecule has 0 fully saturated rings. The van der Waals surface area contributed by atoms with Crippen LogP contribution in [0.4, 0.5) is 11.5 Å². The number of carbonyl (C=O) groups excluding carboxylic acids is 1. The van der Waals surface area contributed by atoms with E-state index in [2.05, 4.69) is 42.2 Å². The Labute approximate surface area is 140 Å². The minimum atomic E-state index is -0.643. The van der Waals surface area contributed by atoms with Crippen molar-refractivity contribution < 1.29 is 9.72 Å². The molecule has 9 heteroatoms. The summed E-state index contributed by atoms with van der Waals surface area (Å²) in [5, 5.41) is 13.3. The van der Waals surface area contributed by atoms with E-state index in [0.29, 0.717) is 14.5 Å². The Balaban J connectivity index is 2.35. The highest BCUT2D eigenvalue weighted by Gasteiger charge is 2.19. The largest absolute Gasteiger partial charge is 0.311 e. The number of hydrogen-bond acceptors (Lipinski definition) is 4. The van der Waals surface area contributed by atoms with E-state index in [1.54, 1.807) is 18.2 Å². The number of hydrogen-bond donors (Lipinski definition) is 1. The van der Waals surface area contributed by atoms with Crippen molar-refractivity contribution in [2.45, 2.75) is 0 Å². The first kappa shape index (κ1) is 15.9. The van der Waals surface area contributed by atoms with Gasteiger partial charge >= 0.3 is 5.69 Å². The number of amides is 1. The molecule has 1 aromatic heterocycles. The topological polar surface area (TPSA) is 85.1 Å². The Bertz CT molecular complexity index is 719. The molecule has 0 aliphatic carbocycles. The minimum absolute atomic E-state index is 0.0475. The summed E-state index contributed by atoms with van der Waals surface area (Å²) in [7, 11) is 0. The van der Waals surface area contributed by atoms with Gasteiger partial charge in [-0.1, -0.05) is 43.5 Å². The van der Waals surface area contributed by atoms with E-state index in [0.717, 1.165) is 0 Å². The lowest BCUT2D eigenvalue weighted by Gasteiger charge is -2.06. The van der Waals surface area contributed by atoms with Gasteiger partial charge in [0, 0.05) is 20.6 Å². The summed E-state index contributed by atoms with van der Waals surface area (Å²) in [6, 6.07) is 7.39. The molecular weight excluding hydrogens is 429 g/mol. The molecule has 0 bridgehead atoms. The summed E-state index contributed by atoms with van der Waals surface area (Å²) in [5.74, 6) is -0.733. The van der Waals surface area contributed by atoms with Crippen molar-refractivity contribution in [2.24, 2.45) is 0 Å². The molecule has 2 aromatic rings. The van der Waals surface area contributed by atoms with Crippen molar-refractivity contribution in [2.75, 3.05) is 5.32 Å². The molecule has 108 valence electrons. The highest BCUT2D eigenvalue weighted by atomic mass is 79.9. The van der Waals surface area contributed by atoms with Gasteiger partial charge in [-0.3, -0.25) is 14.9 Å². The number of benzene rings is 1. The average Bonchev–Trinajstić information content (AvgIpc) is 2.37. The predicted octanol–water partition coefficient (Wildman–Crippen LogP) is 4.42. The first-order valence-electron chi connectivity index (χ1n) is 5.45. The molecule has 21 heavy (non-hydrogen) atoms. The third-order valence-corrected chi connectivity index (χ3v) is 3.52. The van der Waals surface area contributed by atoms with E-state index in [-0.39, 0.29) is 16.7 Å². The summed E-state index contributed by atoms with van der Waals surface area (Å²) in [4.78, 5) is 26.2. The number of anilines is 1. The van der Waals surface area contributed by atoms with E-state index >= 15 is 0 Å². The number of nitrogens with one attached hydrogen (secondary N) is 1. The van der Waals surface area contributed by atoms with Crippen LogP contribution in [0.5, 0.6) is 0 Å². The zero-order valence-electron chi connectivity index (χ0n) is 10.1. The van der Waals surface area contributed by atoms with E-state index in [4.69, 9.17) is 11.6 Å². The van der Waals surface area contributed by atoms with Gasteiger partial charge in [0.15, 0.2) is 0 Å². The van der Waals surface area contributed by atoms with E-state index in [1.165, 1.54) is 12.1 Å².